The van der Waals surface area contributed by atoms with Crippen molar-refractivity contribution in [1.82, 2.24) is 4.90 Å². The van der Waals surface area contributed by atoms with Crippen LogP contribution in [-0.2, 0) is 9.53 Å². The molecule has 1 fully saturated rings. The fourth-order valence-corrected chi connectivity index (χ4v) is 2.59. The highest BCUT2D eigenvalue weighted by molar-refractivity contribution is 6.29. The summed E-state index contributed by atoms with van der Waals surface area (Å²) in [4.78, 5) is 14.8. The number of aryl methyl sites for hydroxylation is 2. The first-order valence-corrected chi connectivity index (χ1v) is 7.57. The van der Waals surface area contributed by atoms with E-state index < -0.39 is 0 Å². The molecule has 0 bridgehead atoms. The van der Waals surface area contributed by atoms with Crippen molar-refractivity contribution in [2.45, 2.75) is 20.8 Å². The molecule has 0 saturated carbocycles. The van der Waals surface area contributed by atoms with Gasteiger partial charge in [-0.05, 0) is 44.0 Å². The number of morpholine rings is 1. The third kappa shape index (κ3) is 2.76. The molecule has 1 saturated heterocycles. The van der Waals surface area contributed by atoms with Crippen molar-refractivity contribution in [1.29, 1.82) is 0 Å². The van der Waals surface area contributed by atoms with Gasteiger partial charge in [0.15, 0.2) is 0 Å². The van der Waals surface area contributed by atoms with Gasteiger partial charge in [-0.1, -0.05) is 6.07 Å². The lowest BCUT2D eigenvalue weighted by Crippen LogP contribution is -2.33. The zero-order valence-corrected chi connectivity index (χ0v) is 13.3. The van der Waals surface area contributed by atoms with Gasteiger partial charge in [0, 0.05) is 19.3 Å². The molecule has 0 spiro atoms. The van der Waals surface area contributed by atoms with Crippen molar-refractivity contribution in [3.05, 3.63) is 41.1 Å². The largest absolute Gasteiger partial charge is 0.378 e. The van der Waals surface area contributed by atoms with Crippen LogP contribution in [0.4, 0.5) is 5.69 Å². The van der Waals surface area contributed by atoms with E-state index in [1.807, 2.05) is 38.2 Å². The summed E-state index contributed by atoms with van der Waals surface area (Å²) in [7, 11) is 0. The van der Waals surface area contributed by atoms with E-state index in [0.29, 0.717) is 18.8 Å². The SMILES string of the molecule is CC1=NN(c2ccc(C)c(C)c2)C(=O)/C1=C\N1CCOCC1. The predicted octanol–water partition coefficient (Wildman–Crippen LogP) is 2.24. The number of benzene rings is 1. The molecule has 2 aliphatic heterocycles. The summed E-state index contributed by atoms with van der Waals surface area (Å²) in [6.07, 6.45) is 1.92. The average molecular weight is 299 g/mol. The lowest BCUT2D eigenvalue weighted by molar-refractivity contribution is -0.114. The molecule has 1 aromatic rings. The Balaban J connectivity index is 1.85. The van der Waals surface area contributed by atoms with E-state index in [4.69, 9.17) is 4.74 Å². The van der Waals surface area contributed by atoms with Gasteiger partial charge in [0.2, 0.25) is 0 Å². The van der Waals surface area contributed by atoms with Crippen LogP contribution in [0.25, 0.3) is 0 Å². The Kier molecular flexibility index (Phi) is 3.98. The van der Waals surface area contributed by atoms with Crippen molar-refractivity contribution in [2.24, 2.45) is 5.10 Å². The Morgan fingerprint density at radius 1 is 1.14 bits per heavy atom. The summed E-state index contributed by atoms with van der Waals surface area (Å²) in [5.74, 6) is -0.0627. The van der Waals surface area contributed by atoms with Gasteiger partial charge in [-0.3, -0.25) is 4.79 Å². The maximum absolute atomic E-state index is 12.7. The van der Waals surface area contributed by atoms with Gasteiger partial charge < -0.3 is 9.64 Å². The second-order valence-corrected chi connectivity index (χ2v) is 5.76. The van der Waals surface area contributed by atoms with Crippen molar-refractivity contribution in [2.75, 3.05) is 31.3 Å². The van der Waals surface area contributed by atoms with Crippen LogP contribution >= 0.6 is 0 Å². The first kappa shape index (κ1) is 14.8. The van der Waals surface area contributed by atoms with Crippen LogP contribution in [0.3, 0.4) is 0 Å². The van der Waals surface area contributed by atoms with Crippen LogP contribution in [0, 0.1) is 13.8 Å². The highest BCUT2D eigenvalue weighted by Gasteiger charge is 2.29. The number of anilines is 1. The van der Waals surface area contributed by atoms with E-state index in [-0.39, 0.29) is 5.91 Å². The second-order valence-electron chi connectivity index (χ2n) is 5.76. The molecule has 1 aromatic carbocycles. The van der Waals surface area contributed by atoms with Crippen molar-refractivity contribution < 1.29 is 9.53 Å². The quantitative estimate of drug-likeness (QED) is 0.787. The first-order valence-electron chi connectivity index (χ1n) is 7.57. The number of rotatable bonds is 2. The normalized spacial score (nSPS) is 20.8. The molecule has 5 nitrogen and oxygen atoms in total. The molecule has 0 N–H and O–H groups in total. The number of carbonyl (C=O) groups is 1. The number of carbonyl (C=O) groups excluding carboxylic acids is 1. The topological polar surface area (TPSA) is 45.1 Å². The third-order valence-corrected chi connectivity index (χ3v) is 4.15. The summed E-state index contributed by atoms with van der Waals surface area (Å²) in [6, 6.07) is 5.96. The van der Waals surface area contributed by atoms with Crippen LogP contribution < -0.4 is 5.01 Å². The molecule has 0 unspecified atom stereocenters. The second kappa shape index (κ2) is 5.93. The van der Waals surface area contributed by atoms with Crippen LogP contribution in [0.1, 0.15) is 18.1 Å². The molecule has 0 radical (unpaired) electrons. The maximum Gasteiger partial charge on any atom is 0.282 e. The molecule has 0 atom stereocenters. The maximum atomic E-state index is 12.7. The molecule has 3 rings (SSSR count). The van der Waals surface area contributed by atoms with E-state index in [0.717, 1.165) is 30.1 Å². The molecular formula is C17H21N3O2. The fourth-order valence-electron chi connectivity index (χ4n) is 2.59. The van der Waals surface area contributed by atoms with Gasteiger partial charge in [0.25, 0.3) is 5.91 Å². The van der Waals surface area contributed by atoms with E-state index in [9.17, 15) is 4.79 Å². The minimum absolute atomic E-state index is 0.0627. The number of hydrazone groups is 1. The molecule has 2 heterocycles. The minimum atomic E-state index is -0.0627. The molecule has 116 valence electrons. The molecule has 0 aromatic heterocycles. The van der Waals surface area contributed by atoms with Crippen molar-refractivity contribution in [3.8, 4) is 0 Å². The number of ether oxygens (including phenoxy) is 1. The summed E-state index contributed by atoms with van der Waals surface area (Å²) < 4.78 is 5.34. The van der Waals surface area contributed by atoms with Gasteiger partial charge in [0.1, 0.15) is 0 Å². The van der Waals surface area contributed by atoms with E-state index in [2.05, 4.69) is 16.9 Å². The van der Waals surface area contributed by atoms with Gasteiger partial charge in [0.05, 0.1) is 30.2 Å². The Labute approximate surface area is 130 Å². The Bertz CT molecular complexity index is 658. The van der Waals surface area contributed by atoms with Crippen molar-refractivity contribution in [3.63, 3.8) is 0 Å². The Morgan fingerprint density at radius 2 is 1.86 bits per heavy atom. The van der Waals surface area contributed by atoms with Crippen molar-refractivity contribution >= 4 is 17.3 Å². The zero-order valence-electron chi connectivity index (χ0n) is 13.3. The Morgan fingerprint density at radius 3 is 2.55 bits per heavy atom. The number of amides is 1. The number of hydrogen-bond donors (Lipinski definition) is 0. The molecule has 2 aliphatic rings. The van der Waals surface area contributed by atoms with E-state index in [1.54, 1.807) is 0 Å². The van der Waals surface area contributed by atoms with E-state index >= 15 is 0 Å². The predicted molar refractivity (Wildman–Crippen MR) is 87.0 cm³/mol. The highest BCUT2D eigenvalue weighted by Crippen LogP contribution is 2.25. The summed E-state index contributed by atoms with van der Waals surface area (Å²) in [5.41, 5.74) is 4.61. The van der Waals surface area contributed by atoms with Gasteiger partial charge >= 0.3 is 0 Å². The minimum Gasteiger partial charge on any atom is -0.378 e. The monoisotopic (exact) mass is 299 g/mol. The number of hydrogen-bond acceptors (Lipinski definition) is 4. The lowest BCUT2D eigenvalue weighted by Gasteiger charge is -2.25. The molecule has 1 amide bonds. The van der Waals surface area contributed by atoms with Gasteiger partial charge in [-0.15, -0.1) is 0 Å². The molecular weight excluding hydrogens is 278 g/mol. The van der Waals surface area contributed by atoms with Gasteiger partial charge in [-0.2, -0.15) is 10.1 Å². The van der Waals surface area contributed by atoms with Crippen LogP contribution in [0.2, 0.25) is 0 Å². The average Bonchev–Trinajstić information content (AvgIpc) is 2.79. The number of nitrogens with zero attached hydrogens (tertiary/aromatic N) is 3. The smallest absolute Gasteiger partial charge is 0.282 e. The highest BCUT2D eigenvalue weighted by atomic mass is 16.5. The first-order chi connectivity index (χ1) is 10.6. The standard InChI is InChI=1S/C17H21N3O2/c1-12-4-5-15(10-13(12)2)20-17(21)16(14(3)18-20)11-19-6-8-22-9-7-19/h4-5,10-11H,6-9H2,1-3H3/b16-11-. The third-order valence-electron chi connectivity index (χ3n) is 4.15. The fraction of sp³-hybridized carbons (Fsp3) is 0.412. The van der Waals surface area contributed by atoms with E-state index in [1.165, 1.54) is 10.6 Å². The summed E-state index contributed by atoms with van der Waals surface area (Å²) in [5, 5.41) is 5.93. The Hall–Kier alpha value is -2.14. The molecule has 22 heavy (non-hydrogen) atoms. The van der Waals surface area contributed by atoms with Crippen LogP contribution in [-0.4, -0.2) is 42.8 Å². The summed E-state index contributed by atoms with van der Waals surface area (Å²) >= 11 is 0. The van der Waals surface area contributed by atoms with Crippen LogP contribution in [0.15, 0.2) is 35.1 Å². The van der Waals surface area contributed by atoms with Gasteiger partial charge in [-0.25, -0.2) is 0 Å². The molecule has 5 heteroatoms. The zero-order chi connectivity index (χ0) is 15.7. The summed E-state index contributed by atoms with van der Waals surface area (Å²) in [6.45, 7) is 9.01. The molecule has 0 aliphatic carbocycles. The van der Waals surface area contributed by atoms with Crippen LogP contribution in [0.5, 0.6) is 0 Å². The lowest BCUT2D eigenvalue weighted by atomic mass is 10.1.